The third-order valence-electron chi connectivity index (χ3n) is 8.09. The van der Waals surface area contributed by atoms with E-state index < -0.39 is 12.2 Å². The van der Waals surface area contributed by atoms with Gasteiger partial charge in [0.05, 0.1) is 18.8 Å². The zero-order chi connectivity index (χ0) is 18.0. The highest BCUT2D eigenvalue weighted by Crippen LogP contribution is 2.66. The Bertz CT molecular complexity index is 650. The van der Waals surface area contributed by atoms with Crippen molar-refractivity contribution in [2.75, 3.05) is 6.61 Å². The molecular formula is C21H30O4. The zero-order valence-electron chi connectivity index (χ0n) is 15.2. The minimum atomic E-state index is -0.509. The molecule has 7 atom stereocenters. The highest BCUT2D eigenvalue weighted by molar-refractivity contribution is 5.91. The fraction of sp³-hybridized carbons (Fsp3) is 0.762. The van der Waals surface area contributed by atoms with E-state index in [1.54, 1.807) is 6.08 Å². The molecule has 0 aromatic rings. The SMILES string of the molecule is C[C@]12CCC(=O)C=C1CC[C@@H]1[C@@H]2[C@@H](O)C[C@]2(C)C(=CCO)C(O)C[C@@H]12. The fourth-order valence-corrected chi connectivity index (χ4v) is 7.02. The van der Waals surface area contributed by atoms with Crippen molar-refractivity contribution >= 4 is 5.78 Å². The van der Waals surface area contributed by atoms with Gasteiger partial charge in [0, 0.05) is 6.42 Å². The summed E-state index contributed by atoms with van der Waals surface area (Å²) in [6.07, 6.45) is 7.35. The van der Waals surface area contributed by atoms with Gasteiger partial charge in [0.15, 0.2) is 5.78 Å². The number of hydrogen-bond acceptors (Lipinski definition) is 4. The molecular weight excluding hydrogens is 316 g/mol. The van der Waals surface area contributed by atoms with Crippen LogP contribution < -0.4 is 0 Å². The van der Waals surface area contributed by atoms with Crippen molar-refractivity contribution in [3.63, 3.8) is 0 Å². The van der Waals surface area contributed by atoms with E-state index >= 15 is 0 Å². The molecule has 3 fully saturated rings. The number of fused-ring (bicyclic) bond motifs is 5. The molecule has 0 heterocycles. The van der Waals surface area contributed by atoms with Crippen molar-refractivity contribution in [2.24, 2.45) is 28.6 Å². The second-order valence-corrected chi connectivity index (χ2v) is 9.17. The number of allylic oxidation sites excluding steroid dienone is 1. The number of aliphatic hydroxyl groups excluding tert-OH is 3. The number of ketones is 1. The van der Waals surface area contributed by atoms with Crippen LogP contribution in [0.2, 0.25) is 0 Å². The summed E-state index contributed by atoms with van der Waals surface area (Å²) in [5.41, 5.74) is 1.83. The molecule has 0 bridgehead atoms. The Labute approximate surface area is 149 Å². The summed E-state index contributed by atoms with van der Waals surface area (Å²) in [5, 5.41) is 31.2. The smallest absolute Gasteiger partial charge is 0.155 e. The molecule has 1 unspecified atom stereocenters. The summed E-state index contributed by atoms with van der Waals surface area (Å²) in [6, 6.07) is 0. The van der Waals surface area contributed by atoms with Crippen molar-refractivity contribution in [3.8, 4) is 0 Å². The van der Waals surface area contributed by atoms with E-state index in [-0.39, 0.29) is 29.1 Å². The fourth-order valence-electron chi connectivity index (χ4n) is 7.02. The number of rotatable bonds is 1. The van der Waals surface area contributed by atoms with Crippen molar-refractivity contribution in [1.82, 2.24) is 0 Å². The van der Waals surface area contributed by atoms with Crippen molar-refractivity contribution in [2.45, 2.75) is 64.6 Å². The summed E-state index contributed by atoms with van der Waals surface area (Å²) < 4.78 is 0. The van der Waals surface area contributed by atoms with Crippen LogP contribution >= 0.6 is 0 Å². The minimum Gasteiger partial charge on any atom is -0.393 e. The molecule has 0 aromatic carbocycles. The molecule has 4 heteroatoms. The molecule has 4 nitrogen and oxygen atoms in total. The molecule has 0 spiro atoms. The standard InChI is InChI=1S/C21H30O4/c1-20-7-5-13(23)9-12(20)3-4-14-16-10-17(24)15(6-8-22)21(16,2)11-18(25)19(14)20/h6,9,14,16-19,22,24-25H,3-5,7-8,10-11H2,1-2H3/t14-,16-,17?,18-,19+,20-,21+/m0/s1. The second-order valence-electron chi connectivity index (χ2n) is 9.17. The third kappa shape index (κ3) is 2.34. The van der Waals surface area contributed by atoms with Crippen LogP contribution in [0.5, 0.6) is 0 Å². The van der Waals surface area contributed by atoms with E-state index in [9.17, 15) is 20.1 Å². The average molecular weight is 346 g/mol. The Hall–Kier alpha value is -0.970. The van der Waals surface area contributed by atoms with E-state index in [2.05, 4.69) is 13.8 Å². The maximum Gasteiger partial charge on any atom is 0.155 e. The summed E-state index contributed by atoms with van der Waals surface area (Å²) in [5.74, 6) is 1.10. The van der Waals surface area contributed by atoms with Crippen LogP contribution in [0.3, 0.4) is 0 Å². The Morgan fingerprint density at radius 2 is 2.00 bits per heavy atom. The first-order chi connectivity index (χ1) is 11.8. The molecule has 0 radical (unpaired) electrons. The predicted molar refractivity (Wildman–Crippen MR) is 94.7 cm³/mol. The highest BCUT2D eigenvalue weighted by atomic mass is 16.3. The number of aliphatic hydroxyl groups is 3. The molecule has 0 saturated heterocycles. The summed E-state index contributed by atoms with van der Waals surface area (Å²) >= 11 is 0. The molecule has 3 saturated carbocycles. The third-order valence-corrected chi connectivity index (χ3v) is 8.09. The van der Waals surface area contributed by atoms with Gasteiger partial charge in [0.25, 0.3) is 0 Å². The Morgan fingerprint density at radius 3 is 2.72 bits per heavy atom. The van der Waals surface area contributed by atoms with Gasteiger partial charge in [0.1, 0.15) is 0 Å². The number of carbonyl (C=O) groups excluding carboxylic acids is 1. The van der Waals surface area contributed by atoms with Gasteiger partial charge in [-0.15, -0.1) is 0 Å². The van der Waals surface area contributed by atoms with Crippen LogP contribution in [0.1, 0.15) is 52.4 Å². The van der Waals surface area contributed by atoms with Crippen LogP contribution in [0.25, 0.3) is 0 Å². The first-order valence-corrected chi connectivity index (χ1v) is 9.72. The maximum atomic E-state index is 11.9. The molecule has 25 heavy (non-hydrogen) atoms. The molecule has 0 aromatic heterocycles. The lowest BCUT2D eigenvalue weighted by Gasteiger charge is -2.59. The van der Waals surface area contributed by atoms with Gasteiger partial charge in [-0.2, -0.15) is 0 Å². The van der Waals surface area contributed by atoms with E-state index in [4.69, 9.17) is 0 Å². The number of carbonyl (C=O) groups is 1. The zero-order valence-corrected chi connectivity index (χ0v) is 15.2. The molecule has 0 amide bonds. The predicted octanol–water partition coefficient (Wildman–Crippen LogP) is 2.38. The molecule has 4 aliphatic carbocycles. The van der Waals surface area contributed by atoms with Crippen LogP contribution in [0, 0.1) is 28.6 Å². The molecule has 4 rings (SSSR count). The van der Waals surface area contributed by atoms with Crippen LogP contribution in [0.4, 0.5) is 0 Å². The molecule has 0 aliphatic heterocycles. The topological polar surface area (TPSA) is 77.8 Å². The van der Waals surface area contributed by atoms with Gasteiger partial charge < -0.3 is 15.3 Å². The second kappa shape index (κ2) is 5.77. The lowest BCUT2D eigenvalue weighted by atomic mass is 9.46. The van der Waals surface area contributed by atoms with Crippen molar-refractivity contribution in [1.29, 1.82) is 0 Å². The summed E-state index contributed by atoms with van der Waals surface area (Å²) in [7, 11) is 0. The minimum absolute atomic E-state index is 0.0639. The van der Waals surface area contributed by atoms with Gasteiger partial charge >= 0.3 is 0 Å². The highest BCUT2D eigenvalue weighted by Gasteiger charge is 2.62. The lowest BCUT2D eigenvalue weighted by molar-refractivity contribution is -0.124. The first-order valence-electron chi connectivity index (χ1n) is 9.72. The average Bonchev–Trinajstić information content (AvgIpc) is 2.79. The van der Waals surface area contributed by atoms with E-state index in [1.165, 1.54) is 5.57 Å². The lowest BCUT2D eigenvalue weighted by Crippen LogP contribution is -2.55. The molecule has 138 valence electrons. The van der Waals surface area contributed by atoms with Crippen LogP contribution in [-0.2, 0) is 4.79 Å². The Balaban J connectivity index is 1.74. The van der Waals surface area contributed by atoms with Crippen LogP contribution in [-0.4, -0.2) is 39.9 Å². The van der Waals surface area contributed by atoms with Gasteiger partial charge in [-0.3, -0.25) is 4.79 Å². The molecule has 4 aliphatic rings. The van der Waals surface area contributed by atoms with Gasteiger partial charge in [-0.1, -0.05) is 25.5 Å². The van der Waals surface area contributed by atoms with Gasteiger partial charge in [0.2, 0.25) is 0 Å². The van der Waals surface area contributed by atoms with E-state index in [0.717, 1.165) is 31.3 Å². The maximum absolute atomic E-state index is 11.9. The molecule has 3 N–H and O–H groups in total. The van der Waals surface area contributed by atoms with E-state index in [0.29, 0.717) is 24.7 Å². The quantitative estimate of drug-likeness (QED) is 0.637. The van der Waals surface area contributed by atoms with Crippen molar-refractivity contribution < 1.29 is 20.1 Å². The Kier molecular flexibility index (Phi) is 4.02. The van der Waals surface area contributed by atoms with Gasteiger partial charge in [-0.05, 0) is 72.3 Å². The monoisotopic (exact) mass is 346 g/mol. The van der Waals surface area contributed by atoms with Crippen molar-refractivity contribution in [3.05, 3.63) is 23.3 Å². The largest absolute Gasteiger partial charge is 0.393 e. The summed E-state index contributed by atoms with van der Waals surface area (Å²) in [4.78, 5) is 11.9. The van der Waals surface area contributed by atoms with Gasteiger partial charge in [-0.25, -0.2) is 0 Å². The normalized spacial score (nSPS) is 50.9. The van der Waals surface area contributed by atoms with Crippen LogP contribution in [0.15, 0.2) is 23.3 Å². The van der Waals surface area contributed by atoms with E-state index in [1.807, 2.05) is 6.08 Å². The summed E-state index contributed by atoms with van der Waals surface area (Å²) in [6.45, 7) is 4.34. The first kappa shape index (κ1) is 17.4. The Morgan fingerprint density at radius 1 is 1.24 bits per heavy atom. The number of hydrogen-bond donors (Lipinski definition) is 3.